The highest BCUT2D eigenvalue weighted by Gasteiger charge is 2.21. The number of hydrogen-bond acceptors (Lipinski definition) is 3. The summed E-state index contributed by atoms with van der Waals surface area (Å²) in [4.78, 5) is 11.0. The predicted molar refractivity (Wildman–Crippen MR) is 40.4 cm³/mol. The van der Waals surface area contributed by atoms with E-state index in [4.69, 9.17) is 4.42 Å². The number of carbonyl (C=O) groups is 1. The van der Waals surface area contributed by atoms with E-state index in [9.17, 15) is 4.79 Å². The fourth-order valence-electron chi connectivity index (χ4n) is 1.05. The van der Waals surface area contributed by atoms with Gasteiger partial charge in [-0.15, -0.1) is 0 Å². The van der Waals surface area contributed by atoms with Gasteiger partial charge in [0.2, 0.25) is 5.91 Å². The zero-order valence-corrected chi connectivity index (χ0v) is 6.05. The van der Waals surface area contributed by atoms with E-state index in [1.165, 1.54) is 6.26 Å². The first-order chi connectivity index (χ1) is 5.27. The van der Waals surface area contributed by atoms with Crippen LogP contribution in [0.5, 0.6) is 0 Å². The van der Waals surface area contributed by atoms with E-state index in [0.717, 1.165) is 5.69 Å². The van der Waals surface area contributed by atoms with Crippen molar-refractivity contribution < 1.29 is 9.21 Å². The second-order valence-corrected chi connectivity index (χ2v) is 2.55. The Morgan fingerprint density at radius 1 is 1.45 bits per heavy atom. The molecule has 4 nitrogen and oxygen atoms in total. The van der Waals surface area contributed by atoms with Gasteiger partial charge in [-0.25, -0.2) is 0 Å². The average Bonchev–Trinajstić information content (AvgIpc) is 2.36. The Kier molecular flexibility index (Phi) is 1.15. The second-order valence-electron chi connectivity index (χ2n) is 2.55. The highest BCUT2D eigenvalue weighted by molar-refractivity contribution is 6.02. The molecule has 58 valence electrons. The van der Waals surface area contributed by atoms with E-state index in [0.29, 0.717) is 5.69 Å². The van der Waals surface area contributed by atoms with Crippen LogP contribution in [0.25, 0.3) is 0 Å². The first-order valence-electron chi connectivity index (χ1n) is 3.41. The molecule has 2 rings (SSSR count). The average molecular weight is 152 g/mol. The monoisotopic (exact) mass is 152 g/mol. The van der Waals surface area contributed by atoms with E-state index < -0.39 is 0 Å². The number of nitrogens with one attached hydrogen (secondary N) is 2. The normalized spacial score (nSPS) is 21.9. The quantitative estimate of drug-likeness (QED) is 0.583. The summed E-state index contributed by atoms with van der Waals surface area (Å²) in [6.45, 7) is 1.80. The lowest BCUT2D eigenvalue weighted by Gasteiger charge is -2.19. The molecule has 1 aliphatic rings. The van der Waals surface area contributed by atoms with Crippen LogP contribution < -0.4 is 10.6 Å². The highest BCUT2D eigenvalue weighted by Crippen LogP contribution is 2.26. The summed E-state index contributed by atoms with van der Waals surface area (Å²) in [7, 11) is 0. The number of carbonyl (C=O) groups excluding carboxylic acids is 1. The summed E-state index contributed by atoms with van der Waals surface area (Å²) in [6, 6.07) is -0.180. The van der Waals surface area contributed by atoms with Gasteiger partial charge >= 0.3 is 0 Å². The summed E-state index contributed by atoms with van der Waals surface area (Å²) >= 11 is 0. The molecule has 1 amide bonds. The number of hydrogen-bond donors (Lipinski definition) is 2. The summed E-state index contributed by atoms with van der Waals surface area (Å²) in [5.74, 6) is -0.0288. The van der Waals surface area contributed by atoms with E-state index in [-0.39, 0.29) is 11.9 Å². The Balaban J connectivity index is 2.37. The molecule has 2 N–H and O–H groups in total. The van der Waals surface area contributed by atoms with E-state index in [1.807, 2.05) is 0 Å². The van der Waals surface area contributed by atoms with Crippen molar-refractivity contribution in [3.63, 3.8) is 0 Å². The largest absolute Gasteiger partial charge is 0.468 e. The zero-order chi connectivity index (χ0) is 7.84. The molecule has 0 spiro atoms. The fourth-order valence-corrected chi connectivity index (χ4v) is 1.05. The maximum Gasteiger partial charge on any atom is 0.246 e. The molecule has 1 aliphatic heterocycles. The van der Waals surface area contributed by atoms with Crippen molar-refractivity contribution in [3.8, 4) is 0 Å². The summed E-state index contributed by atoms with van der Waals surface area (Å²) in [5, 5.41) is 5.68. The van der Waals surface area contributed by atoms with Crippen LogP contribution in [-0.2, 0) is 4.79 Å². The molecule has 0 fully saturated rings. The Morgan fingerprint density at radius 3 is 3.00 bits per heavy atom. The Bertz CT molecular complexity index is 292. The molecule has 1 unspecified atom stereocenters. The summed E-state index contributed by atoms with van der Waals surface area (Å²) in [5.41, 5.74) is 1.56. The van der Waals surface area contributed by atoms with Crippen LogP contribution in [0.3, 0.4) is 0 Å². The minimum Gasteiger partial charge on any atom is -0.468 e. The third kappa shape index (κ3) is 0.869. The maximum absolute atomic E-state index is 11.0. The number of anilines is 2. The first-order valence-corrected chi connectivity index (χ1v) is 3.41. The molecule has 1 aromatic rings. The minimum atomic E-state index is -0.180. The van der Waals surface area contributed by atoms with Crippen LogP contribution in [-0.4, -0.2) is 11.9 Å². The van der Waals surface area contributed by atoms with Crippen LogP contribution in [0, 0.1) is 0 Å². The zero-order valence-electron chi connectivity index (χ0n) is 6.05. The minimum absolute atomic E-state index is 0.0288. The molecule has 2 heterocycles. The Morgan fingerprint density at radius 2 is 2.18 bits per heavy atom. The van der Waals surface area contributed by atoms with Crippen molar-refractivity contribution in [2.45, 2.75) is 13.0 Å². The van der Waals surface area contributed by atoms with E-state index in [2.05, 4.69) is 10.6 Å². The van der Waals surface area contributed by atoms with Gasteiger partial charge in [-0.05, 0) is 6.92 Å². The first kappa shape index (κ1) is 6.27. The lowest BCUT2D eigenvalue weighted by Crippen LogP contribution is -2.35. The molecule has 4 heteroatoms. The van der Waals surface area contributed by atoms with E-state index >= 15 is 0 Å². The van der Waals surface area contributed by atoms with Crippen LogP contribution in [0.1, 0.15) is 6.92 Å². The van der Waals surface area contributed by atoms with Crippen molar-refractivity contribution >= 4 is 17.3 Å². The van der Waals surface area contributed by atoms with Crippen molar-refractivity contribution in [2.24, 2.45) is 0 Å². The molecule has 0 saturated heterocycles. The van der Waals surface area contributed by atoms with Gasteiger partial charge in [-0.2, -0.15) is 0 Å². The van der Waals surface area contributed by atoms with Gasteiger partial charge in [0, 0.05) is 0 Å². The standard InChI is InChI=1S/C7H8N2O2/c1-4-7(10)9-6-3-11-2-5(6)8-4/h2-4,8H,1H3,(H,9,10). The number of amides is 1. The molecule has 0 bridgehead atoms. The molecule has 0 radical (unpaired) electrons. The van der Waals surface area contributed by atoms with Gasteiger partial charge in [-0.1, -0.05) is 0 Å². The predicted octanol–water partition coefficient (Wildman–Crippen LogP) is 1.03. The van der Waals surface area contributed by atoms with Gasteiger partial charge < -0.3 is 15.1 Å². The van der Waals surface area contributed by atoms with Gasteiger partial charge in [0.05, 0.1) is 5.69 Å². The smallest absolute Gasteiger partial charge is 0.246 e. The lowest BCUT2D eigenvalue weighted by molar-refractivity contribution is -0.116. The number of fused-ring (bicyclic) bond motifs is 1. The van der Waals surface area contributed by atoms with Crippen LogP contribution in [0.15, 0.2) is 16.9 Å². The fraction of sp³-hybridized carbons (Fsp3) is 0.286. The Hall–Kier alpha value is -1.45. The number of rotatable bonds is 0. The topological polar surface area (TPSA) is 54.3 Å². The summed E-state index contributed by atoms with van der Waals surface area (Å²) < 4.78 is 4.89. The third-order valence-corrected chi connectivity index (χ3v) is 1.69. The van der Waals surface area contributed by atoms with Crippen molar-refractivity contribution in [1.29, 1.82) is 0 Å². The van der Waals surface area contributed by atoms with Gasteiger partial charge in [0.1, 0.15) is 24.3 Å². The molecule has 11 heavy (non-hydrogen) atoms. The van der Waals surface area contributed by atoms with Crippen LogP contribution in [0.4, 0.5) is 11.4 Å². The lowest BCUT2D eigenvalue weighted by atomic mass is 10.2. The highest BCUT2D eigenvalue weighted by atomic mass is 16.3. The summed E-state index contributed by atoms with van der Waals surface area (Å²) in [6.07, 6.45) is 3.08. The maximum atomic E-state index is 11.0. The molecule has 1 atom stereocenters. The molecule has 0 aliphatic carbocycles. The SMILES string of the molecule is CC1Nc2cocc2NC1=O. The van der Waals surface area contributed by atoms with Crippen LogP contribution in [0.2, 0.25) is 0 Å². The molecule has 1 aromatic heterocycles. The van der Waals surface area contributed by atoms with Gasteiger partial charge in [-0.3, -0.25) is 4.79 Å². The van der Waals surface area contributed by atoms with E-state index in [1.54, 1.807) is 13.2 Å². The third-order valence-electron chi connectivity index (χ3n) is 1.69. The second kappa shape index (κ2) is 2.02. The van der Waals surface area contributed by atoms with Gasteiger partial charge in [0.25, 0.3) is 0 Å². The molecule has 0 aromatic carbocycles. The number of furan rings is 1. The van der Waals surface area contributed by atoms with Crippen molar-refractivity contribution in [3.05, 3.63) is 12.5 Å². The molecular formula is C7H8N2O2. The van der Waals surface area contributed by atoms with Gasteiger partial charge in [0.15, 0.2) is 0 Å². The van der Waals surface area contributed by atoms with Crippen LogP contribution >= 0.6 is 0 Å². The van der Waals surface area contributed by atoms with Crippen molar-refractivity contribution in [1.82, 2.24) is 0 Å². The van der Waals surface area contributed by atoms with Crippen molar-refractivity contribution in [2.75, 3.05) is 10.6 Å². The Labute approximate surface area is 63.6 Å². The molecular weight excluding hydrogens is 144 g/mol. The molecule has 0 saturated carbocycles.